The maximum Gasteiger partial charge on any atom is 0.270 e. The van der Waals surface area contributed by atoms with Crippen molar-refractivity contribution in [2.75, 3.05) is 0 Å². The summed E-state index contributed by atoms with van der Waals surface area (Å²) in [5.41, 5.74) is 0.357. The van der Waals surface area contributed by atoms with Gasteiger partial charge in [-0.15, -0.1) is 0 Å². The van der Waals surface area contributed by atoms with Crippen LogP contribution in [-0.4, -0.2) is 10.6 Å². The lowest BCUT2D eigenvalue weighted by Crippen LogP contribution is -2.02. The van der Waals surface area contributed by atoms with Crippen molar-refractivity contribution in [2.45, 2.75) is 13.3 Å². The van der Waals surface area contributed by atoms with Crippen molar-refractivity contribution in [1.82, 2.24) is 0 Å². The third-order valence-corrected chi connectivity index (χ3v) is 2.17. The molecule has 15 heavy (non-hydrogen) atoms. The second kappa shape index (κ2) is 4.88. The maximum atomic E-state index is 13.3. The molecule has 0 atom stereocenters. The molecule has 0 saturated heterocycles. The van der Waals surface area contributed by atoms with E-state index >= 15 is 0 Å². The minimum absolute atomic E-state index is 0.127. The highest BCUT2D eigenvalue weighted by Gasteiger charge is 2.13. The van der Waals surface area contributed by atoms with Crippen LogP contribution < -0.4 is 0 Å². The first-order valence-electron chi connectivity index (χ1n) is 4.25. The molecule has 0 heterocycles. The first-order chi connectivity index (χ1) is 7.10. The molecule has 0 fully saturated rings. The van der Waals surface area contributed by atoms with Crippen molar-refractivity contribution >= 4 is 24.2 Å². The quantitative estimate of drug-likeness (QED) is 0.374. The van der Waals surface area contributed by atoms with Crippen LogP contribution in [0.15, 0.2) is 22.6 Å². The molecular formula is C9H9FN2O2S. The van der Waals surface area contributed by atoms with E-state index in [2.05, 4.69) is 17.2 Å². The number of hydrogen-bond donors (Lipinski definition) is 1. The number of halogens is 1. The predicted molar refractivity (Wildman–Crippen MR) is 58.9 cm³/mol. The van der Waals surface area contributed by atoms with Crippen LogP contribution in [0.4, 0.5) is 10.1 Å². The number of nitrogens with zero attached hydrogens (tertiary/aromatic N) is 2. The number of non-ortho nitro benzene ring substituents is 1. The zero-order valence-corrected chi connectivity index (χ0v) is 8.87. The number of nitro benzene ring substituents is 1. The summed E-state index contributed by atoms with van der Waals surface area (Å²) in [6.07, 6.45) is 0.460. The van der Waals surface area contributed by atoms with Crippen LogP contribution in [0, 0.1) is 15.9 Å². The highest BCUT2D eigenvalue weighted by Crippen LogP contribution is 2.18. The predicted octanol–water partition coefficient (Wildman–Crippen LogP) is 2.78. The third-order valence-electron chi connectivity index (χ3n) is 1.93. The molecule has 0 bridgehead atoms. The molecule has 0 spiro atoms. The van der Waals surface area contributed by atoms with Gasteiger partial charge in [0.1, 0.15) is 5.82 Å². The summed E-state index contributed by atoms with van der Waals surface area (Å²) in [5, 5.41) is 10.5. The molecule has 0 aliphatic heterocycles. The van der Waals surface area contributed by atoms with Gasteiger partial charge in [-0.05, 0) is 25.3 Å². The van der Waals surface area contributed by atoms with E-state index in [1.165, 1.54) is 0 Å². The third kappa shape index (κ3) is 2.53. The van der Waals surface area contributed by atoms with Crippen LogP contribution in [0.25, 0.3) is 0 Å². The number of nitro groups is 1. The molecule has 1 aromatic carbocycles. The Labute approximate surface area is 91.5 Å². The molecule has 80 valence electrons. The van der Waals surface area contributed by atoms with Crippen molar-refractivity contribution in [1.29, 1.82) is 0 Å². The number of thiol groups is 1. The van der Waals surface area contributed by atoms with Gasteiger partial charge in [0.2, 0.25) is 0 Å². The monoisotopic (exact) mass is 228 g/mol. The Balaban J connectivity index is 3.27. The number of benzene rings is 1. The zero-order chi connectivity index (χ0) is 11.4. The van der Waals surface area contributed by atoms with Gasteiger partial charge in [-0.25, -0.2) is 8.79 Å². The molecule has 0 radical (unpaired) electrons. The molecule has 0 aromatic heterocycles. The number of hydrogen-bond acceptors (Lipinski definition) is 4. The van der Waals surface area contributed by atoms with Gasteiger partial charge in [0.05, 0.1) is 10.6 Å². The van der Waals surface area contributed by atoms with Crippen molar-refractivity contribution in [2.24, 2.45) is 4.40 Å². The molecule has 0 saturated carbocycles. The van der Waals surface area contributed by atoms with Crippen LogP contribution >= 0.6 is 12.8 Å². The van der Waals surface area contributed by atoms with Gasteiger partial charge < -0.3 is 0 Å². The summed E-state index contributed by atoms with van der Waals surface area (Å²) < 4.78 is 16.9. The van der Waals surface area contributed by atoms with Crippen LogP contribution in [0.3, 0.4) is 0 Å². The molecule has 1 rings (SSSR count). The topological polar surface area (TPSA) is 55.5 Å². The molecule has 0 aliphatic rings. The minimum Gasteiger partial charge on any atom is -0.258 e. The Morgan fingerprint density at radius 1 is 1.67 bits per heavy atom. The zero-order valence-electron chi connectivity index (χ0n) is 7.98. The fourth-order valence-corrected chi connectivity index (χ4v) is 1.41. The maximum absolute atomic E-state index is 13.3. The molecule has 0 aliphatic carbocycles. The first kappa shape index (κ1) is 11.6. The van der Waals surface area contributed by atoms with E-state index in [1.54, 1.807) is 6.92 Å². The molecule has 0 amide bonds. The van der Waals surface area contributed by atoms with E-state index in [0.717, 1.165) is 18.2 Å². The van der Waals surface area contributed by atoms with Gasteiger partial charge in [-0.1, -0.05) is 6.92 Å². The smallest absolute Gasteiger partial charge is 0.258 e. The fourth-order valence-electron chi connectivity index (χ4n) is 1.16. The Morgan fingerprint density at radius 3 is 2.80 bits per heavy atom. The van der Waals surface area contributed by atoms with Crippen LogP contribution in [-0.2, 0) is 0 Å². The van der Waals surface area contributed by atoms with E-state index in [-0.39, 0.29) is 11.3 Å². The van der Waals surface area contributed by atoms with Gasteiger partial charge in [-0.2, -0.15) is 0 Å². The summed E-state index contributed by atoms with van der Waals surface area (Å²) >= 11 is 3.69. The number of rotatable bonds is 3. The fraction of sp³-hybridized carbons (Fsp3) is 0.222. The normalized spacial score (nSPS) is 11.5. The molecule has 4 nitrogen and oxygen atoms in total. The Kier molecular flexibility index (Phi) is 3.79. The first-order valence-corrected chi connectivity index (χ1v) is 4.65. The van der Waals surface area contributed by atoms with Crippen molar-refractivity contribution in [3.63, 3.8) is 0 Å². The van der Waals surface area contributed by atoms with Gasteiger partial charge >= 0.3 is 0 Å². The van der Waals surface area contributed by atoms with Crippen molar-refractivity contribution < 1.29 is 9.31 Å². The average Bonchev–Trinajstić information content (AvgIpc) is 2.22. The summed E-state index contributed by atoms with van der Waals surface area (Å²) in [6.45, 7) is 1.77. The highest BCUT2D eigenvalue weighted by atomic mass is 32.1. The lowest BCUT2D eigenvalue weighted by atomic mass is 10.1. The highest BCUT2D eigenvalue weighted by molar-refractivity contribution is 7.79. The standard InChI is InChI=1S/C9H9FN2O2S/c1-2-9(11-15)7-5-6(12(13)14)3-4-8(7)10/h3-5,15H,2H2,1H3/b11-9+. The van der Waals surface area contributed by atoms with Gasteiger partial charge in [0.25, 0.3) is 5.69 Å². The Bertz CT molecular complexity index is 421. The summed E-state index contributed by atoms with van der Waals surface area (Å²) in [4.78, 5) is 9.91. The average molecular weight is 228 g/mol. The summed E-state index contributed by atoms with van der Waals surface area (Å²) in [6, 6.07) is 3.33. The van der Waals surface area contributed by atoms with Gasteiger partial charge in [0.15, 0.2) is 0 Å². The molecular weight excluding hydrogens is 219 g/mol. The summed E-state index contributed by atoms with van der Waals surface area (Å²) in [7, 11) is 0. The van der Waals surface area contributed by atoms with Crippen molar-refractivity contribution in [3.05, 3.63) is 39.7 Å². The Hall–Kier alpha value is -1.43. The van der Waals surface area contributed by atoms with E-state index in [4.69, 9.17) is 0 Å². The van der Waals surface area contributed by atoms with E-state index in [9.17, 15) is 14.5 Å². The molecule has 1 aromatic rings. The van der Waals surface area contributed by atoms with Gasteiger partial charge in [0, 0.05) is 17.7 Å². The van der Waals surface area contributed by atoms with Gasteiger partial charge in [-0.3, -0.25) is 10.1 Å². The van der Waals surface area contributed by atoms with E-state index < -0.39 is 10.7 Å². The van der Waals surface area contributed by atoms with Crippen LogP contribution in [0.1, 0.15) is 18.9 Å². The largest absolute Gasteiger partial charge is 0.270 e. The SMILES string of the molecule is CC/C(=N\S)c1cc([N+](=O)[O-])ccc1F. The second-order valence-electron chi connectivity index (χ2n) is 2.82. The van der Waals surface area contributed by atoms with Crippen LogP contribution in [0.2, 0.25) is 0 Å². The van der Waals surface area contributed by atoms with E-state index in [0.29, 0.717) is 12.1 Å². The van der Waals surface area contributed by atoms with E-state index in [1.807, 2.05) is 0 Å². The molecule has 6 heteroatoms. The van der Waals surface area contributed by atoms with Crippen LogP contribution in [0.5, 0.6) is 0 Å². The summed E-state index contributed by atoms with van der Waals surface area (Å²) in [5.74, 6) is -0.532. The molecule has 0 unspecified atom stereocenters. The minimum atomic E-state index is -0.575. The Morgan fingerprint density at radius 2 is 2.33 bits per heavy atom. The molecule has 0 N–H and O–H groups in total. The second-order valence-corrected chi connectivity index (χ2v) is 3.02. The lowest BCUT2D eigenvalue weighted by molar-refractivity contribution is -0.384. The van der Waals surface area contributed by atoms with Crippen molar-refractivity contribution in [3.8, 4) is 0 Å². The lowest BCUT2D eigenvalue weighted by Gasteiger charge is -2.03.